The summed E-state index contributed by atoms with van der Waals surface area (Å²) in [4.78, 5) is 4.25. The maximum Gasteiger partial charge on any atom is 0.0991 e. The van der Waals surface area contributed by atoms with Crippen molar-refractivity contribution in [3.05, 3.63) is 35.4 Å². The highest BCUT2D eigenvalue weighted by Crippen LogP contribution is 2.06. The molecule has 0 saturated heterocycles. The summed E-state index contributed by atoms with van der Waals surface area (Å²) in [6.07, 6.45) is 0. The molecule has 2 N–H and O–H groups in total. The molecule has 0 aliphatic carbocycles. The van der Waals surface area contributed by atoms with E-state index in [2.05, 4.69) is 11.1 Å². The zero-order valence-corrected chi connectivity index (χ0v) is 9.07. The number of amidine groups is 1. The van der Waals surface area contributed by atoms with E-state index >= 15 is 0 Å². The van der Waals surface area contributed by atoms with Gasteiger partial charge in [0, 0.05) is 5.92 Å². The molecule has 1 rings (SSSR count). The third-order valence-electron chi connectivity index (χ3n) is 2.09. The van der Waals surface area contributed by atoms with Gasteiger partial charge < -0.3 is 5.73 Å². The van der Waals surface area contributed by atoms with Crippen molar-refractivity contribution in [1.82, 2.24) is 0 Å². The highest BCUT2D eigenvalue weighted by molar-refractivity contribution is 5.82. The van der Waals surface area contributed by atoms with Crippen LogP contribution >= 0.6 is 0 Å². The van der Waals surface area contributed by atoms with E-state index in [-0.39, 0.29) is 5.92 Å². The Labute approximate surface area is 90.2 Å². The van der Waals surface area contributed by atoms with Gasteiger partial charge in [-0.3, -0.25) is 4.99 Å². The average Bonchev–Trinajstić information content (AvgIpc) is 2.26. The summed E-state index contributed by atoms with van der Waals surface area (Å²) in [6, 6.07) is 9.50. The van der Waals surface area contributed by atoms with Crippen LogP contribution in [0.15, 0.2) is 29.3 Å². The van der Waals surface area contributed by atoms with Gasteiger partial charge in [-0.2, -0.15) is 5.26 Å². The molecule has 3 nitrogen and oxygen atoms in total. The summed E-state index contributed by atoms with van der Waals surface area (Å²) >= 11 is 0. The van der Waals surface area contributed by atoms with Crippen LogP contribution in [0.1, 0.15) is 25.0 Å². The van der Waals surface area contributed by atoms with E-state index in [1.807, 2.05) is 32.0 Å². The predicted octanol–water partition coefficient (Wildman–Crippen LogP) is 2.07. The van der Waals surface area contributed by atoms with Crippen LogP contribution in [-0.2, 0) is 6.54 Å². The highest BCUT2D eigenvalue weighted by atomic mass is 14.9. The van der Waals surface area contributed by atoms with Gasteiger partial charge >= 0.3 is 0 Å². The Morgan fingerprint density at radius 1 is 1.53 bits per heavy atom. The number of hydrogen-bond donors (Lipinski definition) is 1. The molecule has 0 fully saturated rings. The molecule has 0 aliphatic heterocycles. The van der Waals surface area contributed by atoms with Crippen molar-refractivity contribution in [2.75, 3.05) is 0 Å². The second-order valence-electron chi connectivity index (χ2n) is 3.71. The summed E-state index contributed by atoms with van der Waals surface area (Å²) in [5, 5.41) is 8.72. The van der Waals surface area contributed by atoms with Crippen molar-refractivity contribution >= 4 is 5.84 Å². The van der Waals surface area contributed by atoms with E-state index < -0.39 is 0 Å². The Balaban J connectivity index is 2.74. The van der Waals surface area contributed by atoms with E-state index in [0.717, 1.165) is 5.56 Å². The van der Waals surface area contributed by atoms with E-state index in [9.17, 15) is 0 Å². The van der Waals surface area contributed by atoms with Crippen LogP contribution in [0.4, 0.5) is 0 Å². The summed E-state index contributed by atoms with van der Waals surface area (Å²) in [5.74, 6) is 0.918. The molecule has 0 amide bonds. The van der Waals surface area contributed by atoms with Crippen LogP contribution in [0, 0.1) is 17.2 Å². The van der Waals surface area contributed by atoms with E-state index in [1.165, 1.54) is 0 Å². The Morgan fingerprint density at radius 2 is 2.27 bits per heavy atom. The molecule has 15 heavy (non-hydrogen) atoms. The van der Waals surface area contributed by atoms with Crippen LogP contribution < -0.4 is 5.73 Å². The molecule has 78 valence electrons. The smallest absolute Gasteiger partial charge is 0.0991 e. The first kappa shape index (κ1) is 11.3. The summed E-state index contributed by atoms with van der Waals surface area (Å²) in [6.45, 7) is 4.55. The Bertz CT molecular complexity index is 400. The monoisotopic (exact) mass is 201 g/mol. The van der Waals surface area contributed by atoms with Gasteiger partial charge in [-0.1, -0.05) is 26.0 Å². The molecule has 0 spiro atoms. The zero-order valence-electron chi connectivity index (χ0n) is 9.07. The van der Waals surface area contributed by atoms with Crippen molar-refractivity contribution in [2.45, 2.75) is 20.4 Å². The van der Waals surface area contributed by atoms with Gasteiger partial charge in [0.2, 0.25) is 0 Å². The fraction of sp³-hybridized carbons (Fsp3) is 0.333. The van der Waals surface area contributed by atoms with Gasteiger partial charge in [0.15, 0.2) is 0 Å². The first-order chi connectivity index (χ1) is 7.13. The van der Waals surface area contributed by atoms with E-state index in [4.69, 9.17) is 11.0 Å². The van der Waals surface area contributed by atoms with Gasteiger partial charge in [0.05, 0.1) is 24.0 Å². The standard InChI is InChI=1S/C12H15N3/c1-9(2)12(14)15-8-11-5-3-4-10(6-11)7-13/h3-6,9H,8H2,1-2H3,(H2,14,15). The van der Waals surface area contributed by atoms with Gasteiger partial charge in [-0.15, -0.1) is 0 Å². The molecule has 0 heterocycles. The fourth-order valence-corrected chi connectivity index (χ4v) is 1.10. The average molecular weight is 201 g/mol. The largest absolute Gasteiger partial charge is 0.387 e. The lowest BCUT2D eigenvalue weighted by atomic mass is 10.1. The van der Waals surface area contributed by atoms with Gasteiger partial charge in [-0.05, 0) is 17.7 Å². The minimum atomic E-state index is 0.268. The molecule has 0 saturated carbocycles. The molecule has 0 bridgehead atoms. The maximum atomic E-state index is 8.72. The minimum absolute atomic E-state index is 0.268. The third-order valence-corrected chi connectivity index (χ3v) is 2.09. The van der Waals surface area contributed by atoms with Crippen molar-refractivity contribution in [2.24, 2.45) is 16.6 Å². The number of nitrogens with zero attached hydrogens (tertiary/aromatic N) is 2. The quantitative estimate of drug-likeness (QED) is 0.601. The SMILES string of the molecule is CC(C)C(N)=NCc1cccc(C#N)c1. The molecule has 1 aromatic carbocycles. The van der Waals surface area contributed by atoms with Crippen LogP contribution in [0.25, 0.3) is 0 Å². The number of nitriles is 1. The lowest BCUT2D eigenvalue weighted by Crippen LogP contribution is -2.18. The van der Waals surface area contributed by atoms with E-state index in [0.29, 0.717) is 17.9 Å². The number of aliphatic imine (C=N–C) groups is 1. The molecule has 0 radical (unpaired) electrons. The normalized spacial score (nSPS) is 11.5. The number of hydrogen-bond acceptors (Lipinski definition) is 2. The first-order valence-corrected chi connectivity index (χ1v) is 4.92. The molecule has 0 aromatic heterocycles. The van der Waals surface area contributed by atoms with Gasteiger partial charge in [-0.25, -0.2) is 0 Å². The van der Waals surface area contributed by atoms with Gasteiger partial charge in [0.25, 0.3) is 0 Å². The maximum absolute atomic E-state index is 8.72. The lowest BCUT2D eigenvalue weighted by Gasteiger charge is -2.03. The summed E-state index contributed by atoms with van der Waals surface area (Å²) in [5.41, 5.74) is 7.39. The van der Waals surface area contributed by atoms with Crippen molar-refractivity contribution in [3.63, 3.8) is 0 Å². The number of nitrogens with two attached hydrogens (primary N) is 1. The zero-order chi connectivity index (χ0) is 11.3. The molecule has 1 aromatic rings. The van der Waals surface area contributed by atoms with Crippen molar-refractivity contribution < 1.29 is 0 Å². The first-order valence-electron chi connectivity index (χ1n) is 4.92. The van der Waals surface area contributed by atoms with Crippen molar-refractivity contribution in [3.8, 4) is 6.07 Å². The Morgan fingerprint density at radius 3 is 2.87 bits per heavy atom. The predicted molar refractivity (Wildman–Crippen MR) is 61.3 cm³/mol. The van der Waals surface area contributed by atoms with Crippen LogP contribution in [-0.4, -0.2) is 5.84 Å². The molecular weight excluding hydrogens is 186 g/mol. The molecule has 0 unspecified atom stereocenters. The van der Waals surface area contributed by atoms with Crippen LogP contribution in [0.5, 0.6) is 0 Å². The molecular formula is C12H15N3. The number of rotatable bonds is 3. The fourth-order valence-electron chi connectivity index (χ4n) is 1.10. The van der Waals surface area contributed by atoms with Crippen LogP contribution in [0.2, 0.25) is 0 Å². The van der Waals surface area contributed by atoms with Gasteiger partial charge in [0.1, 0.15) is 0 Å². The Kier molecular flexibility index (Phi) is 3.87. The molecule has 0 aliphatic rings. The lowest BCUT2D eigenvalue weighted by molar-refractivity contribution is 0.855. The van der Waals surface area contributed by atoms with Crippen molar-refractivity contribution in [1.29, 1.82) is 5.26 Å². The molecule has 0 atom stereocenters. The molecule has 3 heteroatoms. The topological polar surface area (TPSA) is 62.2 Å². The van der Waals surface area contributed by atoms with E-state index in [1.54, 1.807) is 6.07 Å². The summed E-state index contributed by atoms with van der Waals surface area (Å²) < 4.78 is 0. The second kappa shape index (κ2) is 5.16. The summed E-state index contributed by atoms with van der Waals surface area (Å²) in [7, 11) is 0. The highest BCUT2D eigenvalue weighted by Gasteiger charge is 1.99. The third kappa shape index (κ3) is 3.43. The van der Waals surface area contributed by atoms with Crippen LogP contribution in [0.3, 0.4) is 0 Å². The second-order valence-corrected chi connectivity index (χ2v) is 3.71. The number of benzene rings is 1. The Hall–Kier alpha value is -1.82. The minimum Gasteiger partial charge on any atom is -0.387 e.